The van der Waals surface area contributed by atoms with Crippen LogP contribution in [0.3, 0.4) is 0 Å². The van der Waals surface area contributed by atoms with E-state index in [1.807, 2.05) is 13.8 Å². The van der Waals surface area contributed by atoms with Gasteiger partial charge in [-0.25, -0.2) is 0 Å². The third kappa shape index (κ3) is 1.87. The standard InChI is InChI=1S/C18H13Cl2NO2/c1-18(2)11-5-8(22)3-4-9(11)16(23)15-10-6-12(19)13(20)7-14(10)21-17(15)18/h3-7,21-22H,1-2H3. The Labute approximate surface area is 142 Å². The van der Waals surface area contributed by atoms with Gasteiger partial charge in [-0.3, -0.25) is 4.79 Å². The van der Waals surface area contributed by atoms with Gasteiger partial charge in [-0.2, -0.15) is 0 Å². The number of hydrogen-bond donors (Lipinski definition) is 2. The quantitative estimate of drug-likeness (QED) is 0.598. The fourth-order valence-electron chi connectivity index (χ4n) is 3.41. The van der Waals surface area contributed by atoms with Crippen molar-refractivity contribution in [3.8, 4) is 5.75 Å². The summed E-state index contributed by atoms with van der Waals surface area (Å²) in [5, 5.41) is 11.4. The summed E-state index contributed by atoms with van der Waals surface area (Å²) in [5.41, 5.74) is 3.18. The molecule has 0 saturated heterocycles. The lowest BCUT2D eigenvalue weighted by atomic mass is 9.71. The molecule has 3 aromatic rings. The molecule has 1 aliphatic carbocycles. The maximum Gasteiger partial charge on any atom is 0.195 e. The van der Waals surface area contributed by atoms with Crippen LogP contribution >= 0.6 is 23.2 Å². The minimum Gasteiger partial charge on any atom is -0.508 e. The molecule has 0 radical (unpaired) electrons. The summed E-state index contributed by atoms with van der Waals surface area (Å²) in [6.45, 7) is 4.05. The van der Waals surface area contributed by atoms with E-state index < -0.39 is 5.41 Å². The van der Waals surface area contributed by atoms with Crippen LogP contribution in [0.5, 0.6) is 5.75 Å². The van der Waals surface area contributed by atoms with Crippen molar-refractivity contribution in [2.45, 2.75) is 19.3 Å². The lowest BCUT2D eigenvalue weighted by Crippen LogP contribution is -2.30. The van der Waals surface area contributed by atoms with Crippen molar-refractivity contribution in [1.29, 1.82) is 0 Å². The molecule has 0 spiro atoms. The van der Waals surface area contributed by atoms with Gasteiger partial charge in [-0.05, 0) is 35.9 Å². The van der Waals surface area contributed by atoms with Gasteiger partial charge in [0.2, 0.25) is 0 Å². The Balaban J connectivity index is 2.12. The summed E-state index contributed by atoms with van der Waals surface area (Å²) in [6, 6.07) is 8.34. The number of nitrogens with one attached hydrogen (secondary N) is 1. The number of benzene rings is 2. The first-order valence-corrected chi connectivity index (χ1v) is 7.95. The van der Waals surface area contributed by atoms with E-state index in [1.165, 1.54) is 6.07 Å². The summed E-state index contributed by atoms with van der Waals surface area (Å²) in [7, 11) is 0. The molecular weight excluding hydrogens is 333 g/mol. The van der Waals surface area contributed by atoms with Crippen molar-refractivity contribution in [2.75, 3.05) is 0 Å². The number of hydrogen-bond acceptors (Lipinski definition) is 2. The molecule has 1 aliphatic rings. The smallest absolute Gasteiger partial charge is 0.195 e. The lowest BCUT2D eigenvalue weighted by Gasteiger charge is -2.32. The number of H-pyrrole nitrogens is 1. The van der Waals surface area contributed by atoms with Gasteiger partial charge < -0.3 is 10.1 Å². The van der Waals surface area contributed by atoms with Gasteiger partial charge >= 0.3 is 0 Å². The predicted octanol–water partition coefficient (Wildman–Crippen LogP) is 5.05. The SMILES string of the molecule is CC1(C)c2cc(O)ccc2C(=O)c2c1[nH]c1cc(Cl)c(Cl)cc21. The maximum absolute atomic E-state index is 13.0. The van der Waals surface area contributed by atoms with Gasteiger partial charge in [-0.15, -0.1) is 0 Å². The first-order valence-electron chi connectivity index (χ1n) is 7.20. The number of phenolic OH excluding ortho intramolecular Hbond substituents is 1. The van der Waals surface area contributed by atoms with E-state index >= 15 is 0 Å². The minimum atomic E-state index is -0.449. The molecule has 2 aromatic carbocycles. The molecule has 2 N–H and O–H groups in total. The molecule has 0 atom stereocenters. The van der Waals surface area contributed by atoms with Crippen molar-refractivity contribution in [3.63, 3.8) is 0 Å². The lowest BCUT2D eigenvalue weighted by molar-refractivity contribution is 0.103. The first-order chi connectivity index (χ1) is 10.8. The molecule has 5 heteroatoms. The van der Waals surface area contributed by atoms with Crippen LogP contribution in [-0.2, 0) is 5.41 Å². The van der Waals surface area contributed by atoms with Crippen LogP contribution in [0.1, 0.15) is 41.0 Å². The van der Waals surface area contributed by atoms with Crippen LogP contribution in [0.25, 0.3) is 10.9 Å². The summed E-state index contributed by atoms with van der Waals surface area (Å²) >= 11 is 12.2. The van der Waals surface area contributed by atoms with Crippen molar-refractivity contribution >= 4 is 39.9 Å². The molecule has 0 bridgehead atoms. The fourth-order valence-corrected chi connectivity index (χ4v) is 3.74. The number of rotatable bonds is 0. The third-order valence-corrected chi connectivity index (χ3v) is 5.33. The number of phenols is 1. The fraction of sp³-hybridized carbons (Fsp3) is 0.167. The number of carbonyl (C=O) groups excluding carboxylic acids is 1. The highest BCUT2D eigenvalue weighted by Gasteiger charge is 2.39. The minimum absolute atomic E-state index is 0.0704. The Hall–Kier alpha value is -1.97. The summed E-state index contributed by atoms with van der Waals surface area (Å²) in [6.07, 6.45) is 0. The number of carbonyl (C=O) groups is 1. The molecule has 23 heavy (non-hydrogen) atoms. The normalized spacial score (nSPS) is 15.6. The molecule has 1 heterocycles. The molecule has 0 saturated carbocycles. The van der Waals surface area contributed by atoms with Crippen LogP contribution in [0.2, 0.25) is 10.0 Å². The van der Waals surface area contributed by atoms with Gasteiger partial charge in [-0.1, -0.05) is 37.0 Å². The van der Waals surface area contributed by atoms with E-state index in [-0.39, 0.29) is 11.5 Å². The third-order valence-electron chi connectivity index (χ3n) is 4.61. The molecule has 0 aliphatic heterocycles. The monoisotopic (exact) mass is 345 g/mol. The van der Waals surface area contributed by atoms with Gasteiger partial charge in [0.25, 0.3) is 0 Å². The molecule has 0 amide bonds. The van der Waals surface area contributed by atoms with E-state index in [1.54, 1.807) is 24.3 Å². The van der Waals surface area contributed by atoms with E-state index in [0.717, 1.165) is 22.2 Å². The van der Waals surface area contributed by atoms with Gasteiger partial charge in [0.15, 0.2) is 5.78 Å². The van der Waals surface area contributed by atoms with Crippen LogP contribution in [0, 0.1) is 0 Å². The van der Waals surface area contributed by atoms with Crippen molar-refractivity contribution < 1.29 is 9.90 Å². The Bertz CT molecular complexity index is 1000. The second-order valence-electron chi connectivity index (χ2n) is 6.37. The average Bonchev–Trinajstić information content (AvgIpc) is 2.85. The molecule has 0 unspecified atom stereocenters. The van der Waals surface area contributed by atoms with Gasteiger partial charge in [0, 0.05) is 27.6 Å². The number of aromatic amines is 1. The molecule has 3 nitrogen and oxygen atoms in total. The van der Waals surface area contributed by atoms with E-state index in [4.69, 9.17) is 23.2 Å². The molecule has 0 fully saturated rings. The highest BCUT2D eigenvalue weighted by molar-refractivity contribution is 6.43. The largest absolute Gasteiger partial charge is 0.508 e. The first kappa shape index (κ1) is 14.6. The van der Waals surface area contributed by atoms with E-state index in [2.05, 4.69) is 4.98 Å². The van der Waals surface area contributed by atoms with Crippen LogP contribution in [0.15, 0.2) is 30.3 Å². The van der Waals surface area contributed by atoms with Crippen molar-refractivity contribution in [3.05, 3.63) is 62.8 Å². The number of ketones is 1. The second-order valence-corrected chi connectivity index (χ2v) is 7.19. The number of halogens is 2. The Morgan fingerprint density at radius 3 is 2.52 bits per heavy atom. The van der Waals surface area contributed by atoms with Gasteiger partial charge in [0.1, 0.15) is 5.75 Å². The van der Waals surface area contributed by atoms with Crippen molar-refractivity contribution in [2.24, 2.45) is 0 Å². The Morgan fingerprint density at radius 1 is 1.09 bits per heavy atom. The molecule has 4 rings (SSSR count). The topological polar surface area (TPSA) is 53.1 Å². The summed E-state index contributed by atoms with van der Waals surface area (Å²) in [5.74, 6) is 0.0780. The molecule has 116 valence electrons. The van der Waals surface area contributed by atoms with E-state index in [0.29, 0.717) is 21.2 Å². The van der Waals surface area contributed by atoms with Crippen LogP contribution < -0.4 is 0 Å². The zero-order chi connectivity index (χ0) is 16.5. The molecule has 1 aromatic heterocycles. The van der Waals surface area contributed by atoms with Crippen LogP contribution in [0.4, 0.5) is 0 Å². The summed E-state index contributed by atoms with van der Waals surface area (Å²) in [4.78, 5) is 16.3. The average molecular weight is 346 g/mol. The Morgan fingerprint density at radius 2 is 1.78 bits per heavy atom. The van der Waals surface area contributed by atoms with E-state index in [9.17, 15) is 9.90 Å². The van der Waals surface area contributed by atoms with Crippen molar-refractivity contribution in [1.82, 2.24) is 4.98 Å². The summed E-state index contributed by atoms with van der Waals surface area (Å²) < 4.78 is 0. The number of aromatic hydroxyl groups is 1. The zero-order valence-corrected chi connectivity index (χ0v) is 14.0. The Kier molecular flexibility index (Phi) is 2.88. The number of fused-ring (bicyclic) bond motifs is 4. The number of aromatic nitrogens is 1. The van der Waals surface area contributed by atoms with Crippen LogP contribution in [-0.4, -0.2) is 15.9 Å². The zero-order valence-electron chi connectivity index (χ0n) is 12.5. The molecular formula is C18H13Cl2NO2. The van der Waals surface area contributed by atoms with Gasteiger partial charge in [0.05, 0.1) is 15.6 Å². The predicted molar refractivity (Wildman–Crippen MR) is 92.0 cm³/mol. The maximum atomic E-state index is 13.0. The highest BCUT2D eigenvalue weighted by Crippen LogP contribution is 2.45. The second kappa shape index (κ2) is 4.53. The highest BCUT2D eigenvalue weighted by atomic mass is 35.5.